The van der Waals surface area contributed by atoms with Crippen LogP contribution in [-0.2, 0) is 10.0 Å². The summed E-state index contributed by atoms with van der Waals surface area (Å²) in [6.45, 7) is 1.77. The van der Waals surface area contributed by atoms with Crippen molar-refractivity contribution in [3.8, 4) is 5.75 Å². The number of rotatable bonds is 6. The molecule has 0 aliphatic carbocycles. The number of aliphatic hydroxyl groups excluding tert-OH is 1. The Balaban J connectivity index is 2.85. The Bertz CT molecular complexity index is 500. The van der Waals surface area contributed by atoms with E-state index in [-0.39, 0.29) is 11.4 Å². The van der Waals surface area contributed by atoms with Gasteiger partial charge in [-0.05, 0) is 25.5 Å². The number of benzene rings is 1. The second kappa shape index (κ2) is 6.03. The SMILES string of the molecule is COc1cc(S(=O)(=O)NCCC(C)O)ccc1N. The van der Waals surface area contributed by atoms with E-state index in [9.17, 15) is 8.42 Å². The third kappa shape index (κ3) is 3.86. The van der Waals surface area contributed by atoms with E-state index in [0.29, 0.717) is 17.9 Å². The molecule has 1 aromatic carbocycles. The fraction of sp³-hybridized carbons (Fsp3) is 0.455. The fourth-order valence-electron chi connectivity index (χ4n) is 1.34. The Labute approximate surface area is 107 Å². The zero-order valence-electron chi connectivity index (χ0n) is 10.4. The normalized spacial score (nSPS) is 13.3. The van der Waals surface area contributed by atoms with Gasteiger partial charge in [0.05, 0.1) is 23.8 Å². The molecular formula is C11H18N2O4S. The van der Waals surface area contributed by atoms with E-state index in [1.807, 2.05) is 0 Å². The first-order valence-electron chi connectivity index (χ1n) is 5.48. The summed E-state index contributed by atoms with van der Waals surface area (Å²) in [5.74, 6) is 0.313. The van der Waals surface area contributed by atoms with Crippen molar-refractivity contribution in [1.29, 1.82) is 0 Å². The molecule has 0 aliphatic heterocycles. The Morgan fingerprint density at radius 3 is 2.72 bits per heavy atom. The molecule has 0 aromatic heterocycles. The average Bonchev–Trinajstić information content (AvgIpc) is 2.28. The maximum Gasteiger partial charge on any atom is 0.240 e. The molecule has 0 amide bonds. The van der Waals surface area contributed by atoms with Crippen LogP contribution in [0.25, 0.3) is 0 Å². The van der Waals surface area contributed by atoms with Crippen LogP contribution in [0.3, 0.4) is 0 Å². The Morgan fingerprint density at radius 1 is 1.50 bits per heavy atom. The summed E-state index contributed by atoms with van der Waals surface area (Å²) in [7, 11) is -2.18. The van der Waals surface area contributed by atoms with Crippen molar-refractivity contribution in [3.63, 3.8) is 0 Å². The van der Waals surface area contributed by atoms with Crippen molar-refractivity contribution >= 4 is 15.7 Å². The Kier molecular flexibility index (Phi) is 4.94. The lowest BCUT2D eigenvalue weighted by Crippen LogP contribution is -2.26. The Hall–Kier alpha value is -1.31. The van der Waals surface area contributed by atoms with Crippen LogP contribution in [0.1, 0.15) is 13.3 Å². The Morgan fingerprint density at radius 2 is 2.17 bits per heavy atom. The summed E-state index contributed by atoms with van der Waals surface area (Å²) in [4.78, 5) is 0.0825. The van der Waals surface area contributed by atoms with Crippen molar-refractivity contribution in [2.75, 3.05) is 19.4 Å². The molecule has 0 spiro atoms. The van der Waals surface area contributed by atoms with E-state index < -0.39 is 16.1 Å². The van der Waals surface area contributed by atoms with Gasteiger partial charge in [0.15, 0.2) is 0 Å². The molecule has 1 unspecified atom stereocenters. The van der Waals surface area contributed by atoms with Crippen LogP contribution in [0.5, 0.6) is 5.75 Å². The van der Waals surface area contributed by atoms with Crippen LogP contribution >= 0.6 is 0 Å². The van der Waals surface area contributed by atoms with Crippen molar-refractivity contribution in [2.24, 2.45) is 0 Å². The lowest BCUT2D eigenvalue weighted by Gasteiger charge is -2.10. The molecule has 0 fully saturated rings. The van der Waals surface area contributed by atoms with Crippen molar-refractivity contribution in [3.05, 3.63) is 18.2 Å². The molecule has 1 aromatic rings. The first-order valence-corrected chi connectivity index (χ1v) is 6.96. The maximum absolute atomic E-state index is 11.9. The number of hydrogen-bond donors (Lipinski definition) is 3. The molecule has 0 aliphatic rings. The summed E-state index contributed by atoms with van der Waals surface area (Å²) in [6, 6.07) is 4.24. The maximum atomic E-state index is 11.9. The molecule has 0 radical (unpaired) electrons. The monoisotopic (exact) mass is 274 g/mol. The topological polar surface area (TPSA) is 102 Å². The second-order valence-electron chi connectivity index (χ2n) is 3.94. The average molecular weight is 274 g/mol. The van der Waals surface area contributed by atoms with Gasteiger partial charge in [0.2, 0.25) is 10.0 Å². The van der Waals surface area contributed by atoms with Crippen LogP contribution in [0.4, 0.5) is 5.69 Å². The molecule has 1 atom stereocenters. The molecule has 102 valence electrons. The molecular weight excluding hydrogens is 256 g/mol. The molecule has 18 heavy (non-hydrogen) atoms. The zero-order valence-corrected chi connectivity index (χ0v) is 11.2. The third-order valence-corrected chi connectivity index (χ3v) is 3.83. The third-order valence-electron chi connectivity index (χ3n) is 2.37. The highest BCUT2D eigenvalue weighted by Crippen LogP contribution is 2.24. The highest BCUT2D eigenvalue weighted by atomic mass is 32.2. The fourth-order valence-corrected chi connectivity index (χ4v) is 2.41. The van der Waals surface area contributed by atoms with Crippen molar-refractivity contribution < 1.29 is 18.3 Å². The van der Waals surface area contributed by atoms with Gasteiger partial charge >= 0.3 is 0 Å². The van der Waals surface area contributed by atoms with E-state index in [2.05, 4.69) is 4.72 Å². The molecule has 0 bridgehead atoms. The number of nitrogen functional groups attached to an aromatic ring is 1. The summed E-state index contributed by atoms with van der Waals surface area (Å²) in [5.41, 5.74) is 5.99. The predicted octanol–water partition coefficient (Wildman–Crippen LogP) is 0.327. The van der Waals surface area contributed by atoms with Gasteiger partial charge in [0, 0.05) is 12.6 Å². The highest BCUT2D eigenvalue weighted by molar-refractivity contribution is 7.89. The second-order valence-corrected chi connectivity index (χ2v) is 5.71. The van der Waals surface area contributed by atoms with Crippen LogP contribution in [0.2, 0.25) is 0 Å². The number of anilines is 1. The molecule has 4 N–H and O–H groups in total. The van der Waals surface area contributed by atoms with Crippen molar-refractivity contribution in [1.82, 2.24) is 4.72 Å². The van der Waals surface area contributed by atoms with Gasteiger partial charge in [-0.3, -0.25) is 0 Å². The highest BCUT2D eigenvalue weighted by Gasteiger charge is 2.15. The first kappa shape index (κ1) is 14.7. The molecule has 0 heterocycles. The molecule has 7 heteroatoms. The van der Waals surface area contributed by atoms with Gasteiger partial charge < -0.3 is 15.6 Å². The van der Waals surface area contributed by atoms with E-state index in [4.69, 9.17) is 15.6 Å². The van der Waals surface area contributed by atoms with Gasteiger partial charge in [-0.1, -0.05) is 0 Å². The number of methoxy groups -OCH3 is 1. The van der Waals surface area contributed by atoms with E-state index in [1.165, 1.54) is 25.3 Å². The van der Waals surface area contributed by atoms with Crippen LogP contribution in [0, 0.1) is 0 Å². The van der Waals surface area contributed by atoms with Crippen molar-refractivity contribution in [2.45, 2.75) is 24.3 Å². The number of nitrogens with one attached hydrogen (secondary N) is 1. The van der Waals surface area contributed by atoms with E-state index in [1.54, 1.807) is 6.92 Å². The van der Waals surface area contributed by atoms with Crippen LogP contribution in [-0.4, -0.2) is 33.3 Å². The summed E-state index contributed by atoms with van der Waals surface area (Å²) >= 11 is 0. The smallest absolute Gasteiger partial charge is 0.240 e. The molecule has 6 nitrogen and oxygen atoms in total. The van der Waals surface area contributed by atoms with Crippen LogP contribution in [0.15, 0.2) is 23.1 Å². The molecule has 0 saturated carbocycles. The van der Waals surface area contributed by atoms with E-state index in [0.717, 1.165) is 0 Å². The van der Waals surface area contributed by atoms with Gasteiger partial charge in [-0.2, -0.15) is 0 Å². The standard InChI is InChI=1S/C11H18N2O4S/c1-8(14)5-6-13-18(15,16)9-3-4-10(12)11(7-9)17-2/h3-4,7-8,13-14H,5-6,12H2,1-2H3. The molecule has 0 saturated heterocycles. The minimum Gasteiger partial charge on any atom is -0.495 e. The summed E-state index contributed by atoms with van der Waals surface area (Å²) < 4.78 is 31.2. The number of hydrogen-bond acceptors (Lipinski definition) is 5. The lowest BCUT2D eigenvalue weighted by atomic mass is 10.3. The number of nitrogens with two attached hydrogens (primary N) is 1. The summed E-state index contributed by atoms with van der Waals surface area (Å²) in [5, 5.41) is 9.07. The van der Waals surface area contributed by atoms with Gasteiger partial charge in [0.1, 0.15) is 5.75 Å². The van der Waals surface area contributed by atoms with Gasteiger partial charge in [-0.25, -0.2) is 13.1 Å². The zero-order chi connectivity index (χ0) is 13.8. The number of aliphatic hydroxyl groups is 1. The minimum absolute atomic E-state index is 0.0825. The first-order chi connectivity index (χ1) is 8.36. The number of ether oxygens (including phenoxy) is 1. The van der Waals surface area contributed by atoms with Crippen LogP contribution < -0.4 is 15.2 Å². The quantitative estimate of drug-likeness (QED) is 0.649. The lowest BCUT2D eigenvalue weighted by molar-refractivity contribution is 0.186. The summed E-state index contributed by atoms with van der Waals surface area (Å²) in [6.07, 6.45) is -0.195. The number of sulfonamides is 1. The largest absolute Gasteiger partial charge is 0.495 e. The predicted molar refractivity (Wildman–Crippen MR) is 68.9 cm³/mol. The molecule has 1 rings (SSSR count). The van der Waals surface area contributed by atoms with Gasteiger partial charge in [0.25, 0.3) is 0 Å². The van der Waals surface area contributed by atoms with Gasteiger partial charge in [-0.15, -0.1) is 0 Å². The van der Waals surface area contributed by atoms with E-state index >= 15 is 0 Å². The minimum atomic E-state index is -3.60.